The highest BCUT2D eigenvalue weighted by atomic mass is 32.2. The molecule has 0 radical (unpaired) electrons. The molecule has 3 rings (SSSR count). The van der Waals surface area contributed by atoms with Gasteiger partial charge < -0.3 is 14.6 Å². The van der Waals surface area contributed by atoms with Crippen LogP contribution in [0.5, 0.6) is 0 Å². The van der Waals surface area contributed by atoms with Crippen LogP contribution in [-0.4, -0.2) is 60.3 Å². The number of aryl methyl sites for hydroxylation is 2. The van der Waals surface area contributed by atoms with E-state index in [9.17, 15) is 4.79 Å². The Balaban J connectivity index is 1.56. The number of carbonyl (C=O) groups is 1. The second-order valence-corrected chi connectivity index (χ2v) is 7.12. The van der Waals surface area contributed by atoms with Gasteiger partial charge in [-0.25, -0.2) is 4.98 Å². The highest BCUT2D eigenvalue weighted by Crippen LogP contribution is 2.27. The Morgan fingerprint density at radius 2 is 2.15 bits per heavy atom. The molecule has 0 spiro atoms. The van der Waals surface area contributed by atoms with Crippen molar-refractivity contribution in [1.29, 1.82) is 0 Å². The highest BCUT2D eigenvalue weighted by Gasteiger charge is 2.16. The lowest BCUT2D eigenvalue weighted by Gasteiger charge is -2.26. The van der Waals surface area contributed by atoms with Gasteiger partial charge in [0.15, 0.2) is 0 Å². The van der Waals surface area contributed by atoms with Gasteiger partial charge in [0.2, 0.25) is 0 Å². The molecule has 8 heteroatoms. The Hall–Kier alpha value is -1.90. The van der Waals surface area contributed by atoms with Crippen LogP contribution < -0.4 is 5.32 Å². The minimum Gasteiger partial charge on any atom is -0.379 e. The molecule has 2 aromatic rings. The van der Waals surface area contributed by atoms with Crippen molar-refractivity contribution in [2.75, 3.05) is 39.4 Å². The van der Waals surface area contributed by atoms with Gasteiger partial charge >= 0.3 is 0 Å². The van der Waals surface area contributed by atoms with Gasteiger partial charge in [0, 0.05) is 43.7 Å². The fraction of sp³-hybridized carbons (Fsp3) is 0.500. The predicted molar refractivity (Wildman–Crippen MR) is 99.4 cm³/mol. The third-order valence-electron chi connectivity index (χ3n) is 4.37. The van der Waals surface area contributed by atoms with Crippen molar-refractivity contribution in [3.8, 4) is 0 Å². The lowest BCUT2D eigenvalue weighted by molar-refractivity contribution is 0.0383. The van der Waals surface area contributed by atoms with Crippen LogP contribution in [0, 0.1) is 13.8 Å². The average molecular weight is 376 g/mol. The summed E-state index contributed by atoms with van der Waals surface area (Å²) in [6.45, 7) is 8.62. The van der Waals surface area contributed by atoms with Crippen LogP contribution in [0.3, 0.4) is 0 Å². The number of rotatable bonds is 7. The van der Waals surface area contributed by atoms with Crippen LogP contribution in [0.25, 0.3) is 0 Å². The van der Waals surface area contributed by atoms with Crippen molar-refractivity contribution in [2.45, 2.75) is 24.6 Å². The quantitative estimate of drug-likeness (QED) is 0.741. The van der Waals surface area contributed by atoms with E-state index in [0.717, 1.165) is 54.9 Å². The largest absolute Gasteiger partial charge is 0.379 e. The monoisotopic (exact) mass is 376 g/mol. The van der Waals surface area contributed by atoms with Crippen LogP contribution in [0.4, 0.5) is 0 Å². The molecule has 0 aromatic carbocycles. The third-order valence-corrected chi connectivity index (χ3v) is 5.40. The summed E-state index contributed by atoms with van der Waals surface area (Å²) >= 11 is 1.52. The zero-order valence-corrected chi connectivity index (χ0v) is 16.0. The van der Waals surface area contributed by atoms with E-state index in [1.807, 2.05) is 19.9 Å². The lowest BCUT2D eigenvalue weighted by atomic mass is 10.2. The summed E-state index contributed by atoms with van der Waals surface area (Å²) in [5.74, 6) is 1.39. The predicted octanol–water partition coefficient (Wildman–Crippen LogP) is 2.04. The minimum absolute atomic E-state index is 0.0902. The second-order valence-electron chi connectivity index (χ2n) is 6.16. The maximum Gasteiger partial charge on any atom is 0.254 e. The number of nitrogens with one attached hydrogen (secondary N) is 1. The first-order chi connectivity index (χ1) is 12.6. The standard InChI is InChI=1S/C18H24N4O3S/c1-13-16(14(2)25-21-13)12-26-18-15(4-3-5-20-18)17(23)19-6-7-22-8-10-24-11-9-22/h3-5H,6-12H2,1-2H3,(H,19,23). The zero-order valence-electron chi connectivity index (χ0n) is 15.2. The van der Waals surface area contributed by atoms with Crippen LogP contribution in [-0.2, 0) is 10.5 Å². The Morgan fingerprint density at radius 1 is 1.35 bits per heavy atom. The molecule has 140 valence electrons. The number of morpholine rings is 1. The summed E-state index contributed by atoms with van der Waals surface area (Å²) in [7, 11) is 0. The molecular weight excluding hydrogens is 352 g/mol. The number of hydrogen-bond donors (Lipinski definition) is 1. The number of amides is 1. The minimum atomic E-state index is -0.0902. The number of ether oxygens (including phenoxy) is 1. The highest BCUT2D eigenvalue weighted by molar-refractivity contribution is 7.98. The molecule has 0 bridgehead atoms. The Bertz CT molecular complexity index is 724. The smallest absolute Gasteiger partial charge is 0.254 e. The molecule has 0 atom stereocenters. The maximum atomic E-state index is 12.6. The molecule has 1 aliphatic heterocycles. The molecule has 0 aliphatic carbocycles. The van der Waals surface area contributed by atoms with Gasteiger partial charge in [-0.15, -0.1) is 11.8 Å². The van der Waals surface area contributed by atoms with E-state index in [4.69, 9.17) is 9.26 Å². The fourth-order valence-corrected chi connectivity index (χ4v) is 3.92. The van der Waals surface area contributed by atoms with Crippen LogP contribution >= 0.6 is 11.8 Å². The van der Waals surface area contributed by atoms with Crippen LogP contribution in [0.1, 0.15) is 27.4 Å². The maximum absolute atomic E-state index is 12.6. The molecule has 26 heavy (non-hydrogen) atoms. The van der Waals surface area contributed by atoms with Gasteiger partial charge in [-0.3, -0.25) is 9.69 Å². The summed E-state index contributed by atoms with van der Waals surface area (Å²) < 4.78 is 10.5. The Kier molecular flexibility index (Phi) is 6.65. The first kappa shape index (κ1) is 18.9. The van der Waals surface area contributed by atoms with E-state index in [1.165, 1.54) is 11.8 Å². The van der Waals surface area contributed by atoms with Crippen LogP contribution in [0.2, 0.25) is 0 Å². The van der Waals surface area contributed by atoms with Crippen molar-refractivity contribution in [1.82, 2.24) is 20.4 Å². The van der Waals surface area contributed by atoms with E-state index in [1.54, 1.807) is 12.3 Å². The first-order valence-electron chi connectivity index (χ1n) is 8.73. The van der Waals surface area contributed by atoms with Crippen molar-refractivity contribution >= 4 is 17.7 Å². The summed E-state index contributed by atoms with van der Waals surface area (Å²) in [6.07, 6.45) is 1.71. The molecule has 1 amide bonds. The lowest BCUT2D eigenvalue weighted by Crippen LogP contribution is -2.41. The van der Waals surface area contributed by atoms with Gasteiger partial charge in [-0.1, -0.05) is 5.16 Å². The number of pyridine rings is 1. The van der Waals surface area contributed by atoms with Crippen molar-refractivity contribution < 1.29 is 14.1 Å². The molecule has 3 heterocycles. The zero-order chi connectivity index (χ0) is 18.4. The van der Waals surface area contributed by atoms with Gasteiger partial charge in [0.25, 0.3) is 5.91 Å². The number of hydrogen-bond acceptors (Lipinski definition) is 7. The van der Waals surface area contributed by atoms with Crippen LogP contribution in [0.15, 0.2) is 27.9 Å². The summed E-state index contributed by atoms with van der Waals surface area (Å²) in [5.41, 5.74) is 2.54. The Morgan fingerprint density at radius 3 is 2.88 bits per heavy atom. The Labute approximate surface area is 157 Å². The van der Waals surface area contributed by atoms with Crippen molar-refractivity contribution in [2.24, 2.45) is 0 Å². The van der Waals surface area contributed by atoms with E-state index >= 15 is 0 Å². The van der Waals surface area contributed by atoms with E-state index in [-0.39, 0.29) is 5.91 Å². The average Bonchev–Trinajstić information content (AvgIpc) is 2.99. The number of thioether (sulfide) groups is 1. The molecular formula is C18H24N4O3S. The van der Waals surface area contributed by atoms with Gasteiger partial charge in [0.05, 0.1) is 24.5 Å². The molecule has 2 aromatic heterocycles. The second kappa shape index (κ2) is 9.16. The van der Waals surface area contributed by atoms with E-state index in [0.29, 0.717) is 17.9 Å². The van der Waals surface area contributed by atoms with Gasteiger partial charge in [-0.2, -0.15) is 0 Å². The third kappa shape index (κ3) is 4.84. The first-order valence-corrected chi connectivity index (χ1v) is 9.71. The molecule has 0 saturated carbocycles. The number of nitrogens with zero attached hydrogens (tertiary/aromatic N) is 3. The number of carbonyl (C=O) groups excluding carboxylic acids is 1. The molecule has 7 nitrogen and oxygen atoms in total. The molecule has 1 saturated heterocycles. The molecule has 1 aliphatic rings. The fourth-order valence-electron chi connectivity index (χ4n) is 2.77. The summed E-state index contributed by atoms with van der Waals surface area (Å²) in [6, 6.07) is 3.60. The van der Waals surface area contributed by atoms with E-state index in [2.05, 4.69) is 20.4 Å². The number of aromatic nitrogens is 2. The van der Waals surface area contributed by atoms with Crippen molar-refractivity contribution in [3.63, 3.8) is 0 Å². The van der Waals surface area contributed by atoms with Crippen molar-refractivity contribution in [3.05, 3.63) is 40.9 Å². The summed E-state index contributed by atoms with van der Waals surface area (Å²) in [5, 5.41) is 7.69. The topological polar surface area (TPSA) is 80.5 Å². The van der Waals surface area contributed by atoms with Gasteiger partial charge in [0.1, 0.15) is 10.8 Å². The summed E-state index contributed by atoms with van der Waals surface area (Å²) in [4.78, 5) is 19.2. The SMILES string of the molecule is Cc1noc(C)c1CSc1ncccc1C(=O)NCCN1CCOCC1. The molecule has 1 fully saturated rings. The van der Waals surface area contributed by atoms with Gasteiger partial charge in [-0.05, 0) is 26.0 Å². The molecule has 0 unspecified atom stereocenters. The van der Waals surface area contributed by atoms with E-state index < -0.39 is 0 Å². The normalized spacial score (nSPS) is 15.2. The molecule has 1 N–H and O–H groups in total.